The van der Waals surface area contributed by atoms with Gasteiger partial charge >= 0.3 is 0 Å². The van der Waals surface area contributed by atoms with E-state index in [0.29, 0.717) is 22.8 Å². The number of hydrogen-bond donors (Lipinski definition) is 1. The maximum Gasteiger partial charge on any atom is 0.280 e. The Morgan fingerprint density at radius 1 is 0.939 bits per heavy atom. The largest absolute Gasteiger partial charge is 0.483 e. The van der Waals surface area contributed by atoms with E-state index in [1.807, 2.05) is 48.5 Å². The lowest BCUT2D eigenvalue weighted by atomic mass is 10.1. The Morgan fingerprint density at radius 2 is 1.64 bits per heavy atom. The number of carbonyl (C=O) groups is 1. The fourth-order valence-electron chi connectivity index (χ4n) is 3.20. The molecule has 0 aliphatic rings. The van der Waals surface area contributed by atoms with E-state index in [1.54, 1.807) is 36.4 Å². The maximum atomic E-state index is 12.1. The third-order valence-electron chi connectivity index (χ3n) is 4.70. The van der Waals surface area contributed by atoms with Gasteiger partial charge in [0.15, 0.2) is 6.61 Å². The molecule has 33 heavy (non-hydrogen) atoms. The fraction of sp³-hybridized carbons (Fsp3) is 0.0400. The van der Waals surface area contributed by atoms with E-state index in [2.05, 4.69) is 10.5 Å². The Hall–Kier alpha value is -4.72. The highest BCUT2D eigenvalue weighted by Gasteiger charge is 2.16. The smallest absolute Gasteiger partial charge is 0.280 e. The molecule has 0 spiro atoms. The van der Waals surface area contributed by atoms with Crippen molar-refractivity contribution in [1.29, 1.82) is 0 Å². The summed E-state index contributed by atoms with van der Waals surface area (Å²) in [5.41, 5.74) is 4.54. The van der Waals surface area contributed by atoms with Gasteiger partial charge in [-0.2, -0.15) is 5.10 Å². The minimum absolute atomic E-state index is 0.0587. The van der Waals surface area contributed by atoms with Crippen LogP contribution in [-0.2, 0) is 4.79 Å². The highest BCUT2D eigenvalue weighted by atomic mass is 16.6. The second kappa shape index (κ2) is 10.1. The molecule has 0 aliphatic carbocycles. The molecular weight excluding hydrogens is 422 g/mol. The van der Waals surface area contributed by atoms with Crippen molar-refractivity contribution in [1.82, 2.24) is 5.43 Å². The molecule has 0 saturated heterocycles. The van der Waals surface area contributed by atoms with Gasteiger partial charge in [-0.3, -0.25) is 14.9 Å². The van der Waals surface area contributed by atoms with Crippen molar-refractivity contribution < 1.29 is 18.9 Å². The number of furan rings is 1. The second-order valence-corrected chi connectivity index (χ2v) is 6.92. The number of hydrogen-bond acceptors (Lipinski definition) is 6. The zero-order valence-electron chi connectivity index (χ0n) is 17.4. The number of nitro benzene ring substituents is 1. The molecule has 3 aromatic carbocycles. The number of nitrogens with one attached hydrogen (secondary N) is 1. The number of amides is 1. The number of hydrazone groups is 1. The summed E-state index contributed by atoms with van der Waals surface area (Å²) in [5, 5.41) is 15.1. The Kier molecular flexibility index (Phi) is 6.56. The molecule has 4 aromatic rings. The van der Waals surface area contributed by atoms with Gasteiger partial charge in [-0.25, -0.2) is 5.43 Å². The topological polar surface area (TPSA) is 107 Å². The highest BCUT2D eigenvalue weighted by Crippen LogP contribution is 2.31. The average molecular weight is 441 g/mol. The van der Waals surface area contributed by atoms with Crippen LogP contribution in [0.4, 0.5) is 5.69 Å². The van der Waals surface area contributed by atoms with Crippen LogP contribution in [0.1, 0.15) is 5.76 Å². The molecule has 0 unspecified atom stereocenters. The number of nitrogens with zero attached hydrogens (tertiary/aromatic N) is 2. The molecule has 0 atom stereocenters. The average Bonchev–Trinajstić information content (AvgIpc) is 3.32. The molecule has 8 heteroatoms. The normalized spacial score (nSPS) is 10.8. The summed E-state index contributed by atoms with van der Waals surface area (Å²) in [6, 6.07) is 26.7. The van der Waals surface area contributed by atoms with Crippen molar-refractivity contribution in [2.24, 2.45) is 5.10 Å². The highest BCUT2D eigenvalue weighted by molar-refractivity contribution is 5.82. The first-order valence-corrected chi connectivity index (χ1v) is 10.0. The first-order valence-electron chi connectivity index (χ1n) is 10.0. The number of nitro groups is 1. The minimum Gasteiger partial charge on any atom is -0.483 e. The van der Waals surface area contributed by atoms with Crippen LogP contribution < -0.4 is 10.2 Å². The van der Waals surface area contributed by atoms with Crippen molar-refractivity contribution in [3.8, 4) is 28.2 Å². The van der Waals surface area contributed by atoms with Crippen LogP contribution in [0.15, 0.2) is 101 Å². The minimum atomic E-state index is -0.470. The monoisotopic (exact) mass is 441 g/mol. The van der Waals surface area contributed by atoms with E-state index in [9.17, 15) is 14.9 Å². The van der Waals surface area contributed by atoms with E-state index in [0.717, 1.165) is 11.1 Å². The molecular formula is C25H19N3O5. The summed E-state index contributed by atoms with van der Waals surface area (Å²) < 4.78 is 11.3. The molecule has 8 nitrogen and oxygen atoms in total. The van der Waals surface area contributed by atoms with Gasteiger partial charge in [0.05, 0.1) is 16.7 Å². The number of para-hydroxylation sites is 2. The molecule has 0 aliphatic heterocycles. The van der Waals surface area contributed by atoms with Gasteiger partial charge in [0, 0.05) is 11.6 Å². The molecule has 1 heterocycles. The molecule has 4 rings (SSSR count). The zero-order valence-corrected chi connectivity index (χ0v) is 17.4. The lowest BCUT2D eigenvalue weighted by Gasteiger charge is -2.10. The summed E-state index contributed by atoms with van der Waals surface area (Å²) in [6.45, 7) is -0.221. The van der Waals surface area contributed by atoms with Crippen molar-refractivity contribution in [2.45, 2.75) is 0 Å². The summed E-state index contributed by atoms with van der Waals surface area (Å²) in [7, 11) is 0. The van der Waals surface area contributed by atoms with E-state index < -0.39 is 10.8 Å². The van der Waals surface area contributed by atoms with Crippen LogP contribution in [0.25, 0.3) is 22.5 Å². The Labute approximate surface area is 189 Å². The van der Waals surface area contributed by atoms with Gasteiger partial charge in [0.25, 0.3) is 11.6 Å². The summed E-state index contributed by atoms with van der Waals surface area (Å²) in [5.74, 6) is 0.803. The fourth-order valence-corrected chi connectivity index (χ4v) is 3.20. The second-order valence-electron chi connectivity index (χ2n) is 6.92. The number of benzene rings is 3. The SMILES string of the molecule is O=C(COc1ccccc1-c1ccccc1)NN=Cc1ccc(-c2ccccc2[N+](=O)[O-])o1. The molecule has 0 fully saturated rings. The van der Waals surface area contributed by atoms with Crippen LogP contribution in [0, 0.1) is 10.1 Å². The molecule has 164 valence electrons. The van der Waals surface area contributed by atoms with Gasteiger partial charge in [-0.05, 0) is 29.8 Å². The molecule has 1 N–H and O–H groups in total. The molecule has 0 bridgehead atoms. The van der Waals surface area contributed by atoms with E-state index in [-0.39, 0.29) is 12.3 Å². The van der Waals surface area contributed by atoms with Crippen LogP contribution in [-0.4, -0.2) is 23.7 Å². The quantitative estimate of drug-likeness (QED) is 0.234. The van der Waals surface area contributed by atoms with E-state index >= 15 is 0 Å². The predicted octanol–water partition coefficient (Wildman–Crippen LogP) is 5.05. The van der Waals surface area contributed by atoms with Gasteiger partial charge < -0.3 is 9.15 Å². The third kappa shape index (κ3) is 5.31. The van der Waals surface area contributed by atoms with Crippen molar-refractivity contribution in [2.75, 3.05) is 6.61 Å². The zero-order chi connectivity index (χ0) is 23.0. The van der Waals surface area contributed by atoms with Crippen molar-refractivity contribution >= 4 is 17.8 Å². The number of ether oxygens (including phenoxy) is 1. The molecule has 0 radical (unpaired) electrons. The lowest BCUT2D eigenvalue weighted by molar-refractivity contribution is -0.384. The summed E-state index contributed by atoms with van der Waals surface area (Å²) >= 11 is 0. The van der Waals surface area contributed by atoms with Crippen LogP contribution >= 0.6 is 0 Å². The first-order chi connectivity index (χ1) is 16.1. The number of rotatable bonds is 8. The van der Waals surface area contributed by atoms with Crippen molar-refractivity contribution in [3.05, 3.63) is 107 Å². The summed E-state index contributed by atoms with van der Waals surface area (Å²) in [6.07, 6.45) is 1.31. The van der Waals surface area contributed by atoms with Gasteiger partial charge in [-0.1, -0.05) is 60.7 Å². The molecule has 1 amide bonds. The van der Waals surface area contributed by atoms with Gasteiger partial charge in [-0.15, -0.1) is 0 Å². The third-order valence-corrected chi connectivity index (χ3v) is 4.70. The molecule has 1 aromatic heterocycles. The van der Waals surface area contributed by atoms with Crippen LogP contribution in [0.3, 0.4) is 0 Å². The Morgan fingerprint density at radius 3 is 2.42 bits per heavy atom. The summed E-state index contributed by atoms with van der Waals surface area (Å²) in [4.78, 5) is 22.9. The lowest BCUT2D eigenvalue weighted by Crippen LogP contribution is -2.24. The predicted molar refractivity (Wildman–Crippen MR) is 124 cm³/mol. The van der Waals surface area contributed by atoms with E-state index in [1.165, 1.54) is 12.3 Å². The van der Waals surface area contributed by atoms with Gasteiger partial charge in [0.1, 0.15) is 17.3 Å². The Balaban J connectivity index is 1.36. The molecule has 0 saturated carbocycles. The standard InChI is InChI=1S/C25H19N3O5/c29-25(17-32-23-13-7-5-10-20(23)18-8-2-1-3-9-18)27-26-16-19-14-15-24(33-19)21-11-4-6-12-22(21)28(30)31/h1-16H,17H2,(H,27,29). The first kappa shape index (κ1) is 21.5. The van der Waals surface area contributed by atoms with Crippen molar-refractivity contribution in [3.63, 3.8) is 0 Å². The Bertz CT molecular complexity index is 1300. The maximum absolute atomic E-state index is 12.1. The van der Waals surface area contributed by atoms with Gasteiger partial charge in [0.2, 0.25) is 0 Å². The number of carbonyl (C=O) groups excluding carboxylic acids is 1. The van der Waals surface area contributed by atoms with Crippen LogP contribution in [0.5, 0.6) is 5.75 Å². The van der Waals surface area contributed by atoms with E-state index in [4.69, 9.17) is 9.15 Å². The van der Waals surface area contributed by atoms with Crippen LogP contribution in [0.2, 0.25) is 0 Å².